The molecule has 0 saturated carbocycles. The smallest absolute Gasteiger partial charge is 0.338 e. The topological polar surface area (TPSA) is 73.9 Å². The van der Waals surface area contributed by atoms with Crippen molar-refractivity contribution in [3.8, 4) is 11.5 Å². The maximum atomic E-state index is 12.4. The summed E-state index contributed by atoms with van der Waals surface area (Å²) < 4.78 is 16.2. The Morgan fingerprint density at radius 3 is 2.33 bits per heavy atom. The fourth-order valence-corrected chi connectivity index (χ4v) is 3.90. The molecule has 0 unspecified atom stereocenters. The minimum absolute atomic E-state index is 0.272. The average Bonchev–Trinajstić information content (AvgIpc) is 2.81. The van der Waals surface area contributed by atoms with Crippen molar-refractivity contribution in [3.63, 3.8) is 0 Å². The van der Waals surface area contributed by atoms with E-state index >= 15 is 0 Å². The third kappa shape index (κ3) is 7.17. The second kappa shape index (κ2) is 12.2. The number of anilines is 1. The summed E-state index contributed by atoms with van der Waals surface area (Å²) in [6.45, 7) is 4.18. The van der Waals surface area contributed by atoms with Crippen LogP contribution in [0.3, 0.4) is 0 Å². The highest BCUT2D eigenvalue weighted by Gasteiger charge is 2.15. The molecule has 172 valence electrons. The van der Waals surface area contributed by atoms with E-state index in [9.17, 15) is 9.59 Å². The van der Waals surface area contributed by atoms with Crippen LogP contribution in [0.15, 0.2) is 76.5 Å². The van der Waals surface area contributed by atoms with Crippen LogP contribution in [0.4, 0.5) is 5.69 Å². The Morgan fingerprint density at radius 2 is 1.61 bits per heavy atom. The summed E-state index contributed by atoms with van der Waals surface area (Å²) in [6.07, 6.45) is 0. The van der Waals surface area contributed by atoms with Crippen molar-refractivity contribution in [2.24, 2.45) is 0 Å². The number of halogens is 1. The Balaban J connectivity index is 1.61. The molecule has 6 nitrogen and oxygen atoms in total. The molecule has 3 aromatic rings. The molecule has 0 atom stereocenters. The lowest BCUT2D eigenvalue weighted by Gasteiger charge is -2.13. The third-order valence-corrected chi connectivity index (χ3v) is 5.65. The summed E-state index contributed by atoms with van der Waals surface area (Å²) in [4.78, 5) is 26.7. The van der Waals surface area contributed by atoms with Crippen molar-refractivity contribution in [3.05, 3.63) is 77.3 Å². The van der Waals surface area contributed by atoms with Crippen molar-refractivity contribution in [2.75, 3.05) is 25.1 Å². The number of hydrogen-bond acceptors (Lipinski definition) is 6. The molecule has 0 aliphatic rings. The van der Waals surface area contributed by atoms with E-state index in [1.54, 1.807) is 24.3 Å². The lowest BCUT2D eigenvalue weighted by Crippen LogP contribution is -2.21. The normalized spacial score (nSPS) is 10.4. The third-order valence-electron chi connectivity index (χ3n) is 4.32. The van der Waals surface area contributed by atoms with Gasteiger partial charge in [-0.25, -0.2) is 4.79 Å². The lowest BCUT2D eigenvalue weighted by atomic mass is 10.2. The highest BCUT2D eigenvalue weighted by Crippen LogP contribution is 2.34. The van der Waals surface area contributed by atoms with Crippen molar-refractivity contribution in [1.82, 2.24) is 0 Å². The maximum absolute atomic E-state index is 12.4. The lowest BCUT2D eigenvalue weighted by molar-refractivity contribution is -0.119. The summed E-state index contributed by atoms with van der Waals surface area (Å²) in [5.41, 5.74) is 0.895. The minimum Gasteiger partial charge on any atom is -0.490 e. The zero-order chi connectivity index (χ0) is 23.6. The summed E-state index contributed by atoms with van der Waals surface area (Å²) in [7, 11) is 0. The van der Waals surface area contributed by atoms with Gasteiger partial charge in [-0.2, -0.15) is 0 Å². The number of ether oxygens (including phenoxy) is 3. The SMILES string of the molecule is CCOc1ccc(C(=O)OCC(=O)Nc2ccccc2Sc2ccc(Cl)cc2)cc1OCC. The van der Waals surface area contributed by atoms with Crippen molar-refractivity contribution in [1.29, 1.82) is 0 Å². The van der Waals surface area contributed by atoms with Crippen LogP contribution in [-0.2, 0) is 9.53 Å². The molecular formula is C25H24ClNO5S. The van der Waals surface area contributed by atoms with Crippen LogP contribution in [0.5, 0.6) is 11.5 Å². The van der Waals surface area contributed by atoms with E-state index < -0.39 is 18.5 Å². The van der Waals surface area contributed by atoms with Gasteiger partial charge in [0.15, 0.2) is 18.1 Å². The molecule has 0 spiro atoms. The monoisotopic (exact) mass is 485 g/mol. The molecule has 0 radical (unpaired) electrons. The van der Waals surface area contributed by atoms with E-state index in [0.717, 1.165) is 9.79 Å². The Hall–Kier alpha value is -3.16. The minimum atomic E-state index is -0.627. The number of amides is 1. The van der Waals surface area contributed by atoms with Gasteiger partial charge in [-0.05, 0) is 68.4 Å². The number of carbonyl (C=O) groups excluding carboxylic acids is 2. The summed E-state index contributed by atoms with van der Waals surface area (Å²) in [5.74, 6) is -0.0729. The Bertz CT molecular complexity index is 1100. The van der Waals surface area contributed by atoms with Crippen LogP contribution in [0, 0.1) is 0 Å². The predicted molar refractivity (Wildman–Crippen MR) is 130 cm³/mol. The van der Waals surface area contributed by atoms with E-state index in [4.69, 9.17) is 25.8 Å². The molecule has 0 aliphatic heterocycles. The van der Waals surface area contributed by atoms with Gasteiger partial charge in [0, 0.05) is 14.8 Å². The first-order chi connectivity index (χ1) is 16.0. The first-order valence-corrected chi connectivity index (χ1v) is 11.6. The molecule has 0 aromatic heterocycles. The van der Waals surface area contributed by atoms with Crippen LogP contribution in [-0.4, -0.2) is 31.7 Å². The molecule has 0 bridgehead atoms. The number of para-hydroxylation sites is 1. The van der Waals surface area contributed by atoms with Gasteiger partial charge < -0.3 is 19.5 Å². The van der Waals surface area contributed by atoms with E-state index in [1.807, 2.05) is 56.3 Å². The zero-order valence-electron chi connectivity index (χ0n) is 18.3. The van der Waals surface area contributed by atoms with Crippen LogP contribution in [0.2, 0.25) is 5.02 Å². The van der Waals surface area contributed by atoms with Gasteiger partial charge in [0.25, 0.3) is 5.91 Å². The van der Waals surface area contributed by atoms with Gasteiger partial charge in [0.2, 0.25) is 0 Å². The number of carbonyl (C=O) groups is 2. The fourth-order valence-electron chi connectivity index (χ4n) is 2.87. The molecule has 1 amide bonds. The molecule has 0 saturated heterocycles. The summed E-state index contributed by atoms with van der Waals surface area (Å²) in [6, 6.07) is 19.6. The van der Waals surface area contributed by atoms with Crippen LogP contribution in [0.25, 0.3) is 0 Å². The molecular weight excluding hydrogens is 462 g/mol. The molecule has 8 heteroatoms. The largest absolute Gasteiger partial charge is 0.490 e. The standard InChI is InChI=1S/C25H24ClNO5S/c1-3-30-21-14-9-17(15-22(21)31-4-2)25(29)32-16-24(28)27-20-7-5-6-8-23(20)33-19-12-10-18(26)11-13-19/h5-15H,3-4,16H2,1-2H3,(H,27,28). The predicted octanol–water partition coefficient (Wildman–Crippen LogP) is 6.08. The highest BCUT2D eigenvalue weighted by molar-refractivity contribution is 7.99. The average molecular weight is 486 g/mol. The molecule has 1 N–H and O–H groups in total. The van der Waals surface area contributed by atoms with Gasteiger partial charge in [0.05, 0.1) is 24.5 Å². The van der Waals surface area contributed by atoms with Gasteiger partial charge in [0.1, 0.15) is 0 Å². The quantitative estimate of drug-likeness (QED) is 0.350. The first kappa shape index (κ1) is 24.5. The van der Waals surface area contributed by atoms with Crippen molar-refractivity contribution < 1.29 is 23.8 Å². The van der Waals surface area contributed by atoms with Gasteiger partial charge in [-0.15, -0.1) is 0 Å². The number of nitrogens with one attached hydrogen (secondary N) is 1. The van der Waals surface area contributed by atoms with Gasteiger partial charge in [-0.3, -0.25) is 4.79 Å². The van der Waals surface area contributed by atoms with E-state index in [-0.39, 0.29) is 5.56 Å². The van der Waals surface area contributed by atoms with E-state index in [2.05, 4.69) is 5.32 Å². The van der Waals surface area contributed by atoms with Crippen molar-refractivity contribution in [2.45, 2.75) is 23.6 Å². The van der Waals surface area contributed by atoms with Crippen molar-refractivity contribution >= 4 is 40.9 Å². The van der Waals surface area contributed by atoms with Crippen LogP contribution < -0.4 is 14.8 Å². The Kier molecular flexibility index (Phi) is 9.04. The number of benzene rings is 3. The summed E-state index contributed by atoms with van der Waals surface area (Å²) in [5, 5.41) is 3.45. The molecule has 33 heavy (non-hydrogen) atoms. The fraction of sp³-hybridized carbons (Fsp3) is 0.200. The van der Waals surface area contributed by atoms with Gasteiger partial charge >= 0.3 is 5.97 Å². The number of hydrogen-bond donors (Lipinski definition) is 1. The molecule has 3 aromatic carbocycles. The zero-order valence-corrected chi connectivity index (χ0v) is 19.9. The molecule has 0 aliphatic carbocycles. The number of rotatable bonds is 10. The summed E-state index contributed by atoms with van der Waals surface area (Å²) >= 11 is 7.44. The molecule has 3 rings (SSSR count). The molecule has 0 heterocycles. The second-order valence-corrected chi connectivity index (χ2v) is 8.26. The van der Waals surface area contributed by atoms with Crippen LogP contribution >= 0.6 is 23.4 Å². The Labute approximate surface area is 202 Å². The van der Waals surface area contributed by atoms with E-state index in [0.29, 0.717) is 35.4 Å². The highest BCUT2D eigenvalue weighted by atomic mass is 35.5. The Morgan fingerprint density at radius 1 is 0.909 bits per heavy atom. The molecule has 0 fully saturated rings. The van der Waals surface area contributed by atoms with Gasteiger partial charge in [-0.1, -0.05) is 35.5 Å². The first-order valence-electron chi connectivity index (χ1n) is 10.4. The van der Waals surface area contributed by atoms with E-state index in [1.165, 1.54) is 11.8 Å². The maximum Gasteiger partial charge on any atom is 0.338 e. The van der Waals surface area contributed by atoms with Crippen LogP contribution in [0.1, 0.15) is 24.2 Å². The second-order valence-electron chi connectivity index (χ2n) is 6.70. The number of esters is 1.